The number of hydrogen-bond acceptors (Lipinski definition) is 3. The molecule has 0 aliphatic carbocycles. The molecule has 0 heterocycles. The van der Waals surface area contributed by atoms with Gasteiger partial charge in [0, 0.05) is 18.7 Å². The summed E-state index contributed by atoms with van der Waals surface area (Å²) in [6, 6.07) is 0. The number of rotatable bonds is 10. The van der Waals surface area contributed by atoms with E-state index in [0.717, 1.165) is 38.8 Å². The van der Waals surface area contributed by atoms with Gasteiger partial charge in [0.05, 0.1) is 0 Å². The zero-order valence-electron chi connectivity index (χ0n) is 11.5. The summed E-state index contributed by atoms with van der Waals surface area (Å²) in [4.78, 5) is 12.0. The van der Waals surface area contributed by atoms with Gasteiger partial charge >= 0.3 is 0 Å². The summed E-state index contributed by atoms with van der Waals surface area (Å²) in [5.41, 5.74) is 6.84. The van der Waals surface area contributed by atoms with Crippen molar-refractivity contribution >= 4 is 5.91 Å². The van der Waals surface area contributed by atoms with Gasteiger partial charge in [-0.1, -0.05) is 40.2 Å². The Balaban J connectivity index is 4.17. The Kier molecular flexibility index (Phi) is 9.77. The molecule has 17 heavy (non-hydrogen) atoms. The van der Waals surface area contributed by atoms with E-state index in [2.05, 4.69) is 31.3 Å². The van der Waals surface area contributed by atoms with E-state index >= 15 is 0 Å². The van der Waals surface area contributed by atoms with Gasteiger partial charge in [0.2, 0.25) is 0 Å². The Morgan fingerprint density at radius 2 is 1.53 bits per heavy atom. The molecule has 0 atom stereocenters. The van der Waals surface area contributed by atoms with Crippen LogP contribution in [0.2, 0.25) is 0 Å². The minimum atomic E-state index is -0.0558. The highest BCUT2D eigenvalue weighted by molar-refractivity contribution is 5.92. The van der Waals surface area contributed by atoms with E-state index in [9.17, 15) is 4.79 Å². The molecule has 0 saturated carbocycles. The predicted octanol–water partition coefficient (Wildman–Crippen LogP) is 2.39. The molecular weight excluding hydrogens is 214 g/mol. The SMILES string of the molecule is C=C(CC)C(=O)N(NCCCC)NCCCC. The molecule has 1 amide bonds. The molecule has 0 rings (SSSR count). The molecule has 0 bridgehead atoms. The molecule has 0 aliphatic heterocycles. The highest BCUT2D eigenvalue weighted by Crippen LogP contribution is 2.00. The number of hydrazine groups is 2. The monoisotopic (exact) mass is 241 g/mol. The number of carbonyl (C=O) groups excluding carboxylic acids is 1. The van der Waals surface area contributed by atoms with Crippen LogP contribution in [0.25, 0.3) is 0 Å². The van der Waals surface area contributed by atoms with Crippen molar-refractivity contribution in [3.05, 3.63) is 12.2 Å². The molecule has 0 unspecified atom stereocenters. The first-order valence-electron chi connectivity index (χ1n) is 6.66. The zero-order chi connectivity index (χ0) is 13.1. The quantitative estimate of drug-likeness (QED) is 0.351. The summed E-state index contributed by atoms with van der Waals surface area (Å²) in [6.07, 6.45) is 5.01. The lowest BCUT2D eigenvalue weighted by Crippen LogP contribution is -2.52. The van der Waals surface area contributed by atoms with Gasteiger partial charge in [0.25, 0.3) is 5.91 Å². The third-order valence-electron chi connectivity index (χ3n) is 2.53. The van der Waals surface area contributed by atoms with E-state index in [1.165, 1.54) is 5.12 Å². The lowest BCUT2D eigenvalue weighted by Gasteiger charge is -2.24. The van der Waals surface area contributed by atoms with E-state index in [0.29, 0.717) is 12.0 Å². The van der Waals surface area contributed by atoms with Crippen molar-refractivity contribution in [3.63, 3.8) is 0 Å². The van der Waals surface area contributed by atoms with Gasteiger partial charge in [0.15, 0.2) is 0 Å². The summed E-state index contributed by atoms with van der Waals surface area (Å²) in [5.74, 6) is -0.0558. The second-order valence-corrected chi connectivity index (χ2v) is 4.12. The Labute approximate surface area is 105 Å². The lowest BCUT2D eigenvalue weighted by molar-refractivity contribution is -0.134. The third-order valence-corrected chi connectivity index (χ3v) is 2.53. The molecule has 0 spiro atoms. The van der Waals surface area contributed by atoms with Crippen molar-refractivity contribution < 1.29 is 4.79 Å². The van der Waals surface area contributed by atoms with Crippen molar-refractivity contribution in [1.82, 2.24) is 16.0 Å². The van der Waals surface area contributed by atoms with Gasteiger partial charge in [-0.2, -0.15) is 0 Å². The predicted molar refractivity (Wildman–Crippen MR) is 72.1 cm³/mol. The summed E-state index contributed by atoms with van der Waals surface area (Å²) < 4.78 is 0. The van der Waals surface area contributed by atoms with Gasteiger partial charge < -0.3 is 0 Å². The van der Waals surface area contributed by atoms with Crippen LogP contribution in [0.15, 0.2) is 12.2 Å². The molecular formula is C13H27N3O. The average molecular weight is 241 g/mol. The fraction of sp³-hybridized carbons (Fsp3) is 0.769. The molecule has 100 valence electrons. The smallest absolute Gasteiger partial charge is 0.267 e. The van der Waals surface area contributed by atoms with Crippen LogP contribution in [0.1, 0.15) is 52.9 Å². The molecule has 0 radical (unpaired) electrons. The maximum atomic E-state index is 12.0. The van der Waals surface area contributed by atoms with Crippen molar-refractivity contribution in [2.75, 3.05) is 13.1 Å². The number of hydrogen-bond donors (Lipinski definition) is 2. The van der Waals surface area contributed by atoms with Crippen molar-refractivity contribution in [2.45, 2.75) is 52.9 Å². The van der Waals surface area contributed by atoms with Crippen LogP contribution in [0.3, 0.4) is 0 Å². The molecule has 0 saturated heterocycles. The van der Waals surface area contributed by atoms with Gasteiger partial charge in [-0.25, -0.2) is 16.0 Å². The first-order valence-corrected chi connectivity index (χ1v) is 6.66. The summed E-state index contributed by atoms with van der Waals surface area (Å²) in [7, 11) is 0. The fourth-order valence-corrected chi connectivity index (χ4v) is 1.24. The summed E-state index contributed by atoms with van der Waals surface area (Å²) in [5, 5.41) is 1.50. The Morgan fingerprint density at radius 1 is 1.06 bits per heavy atom. The van der Waals surface area contributed by atoms with Crippen LogP contribution >= 0.6 is 0 Å². The third kappa shape index (κ3) is 7.13. The van der Waals surface area contributed by atoms with E-state index in [4.69, 9.17) is 0 Å². The average Bonchev–Trinajstić information content (AvgIpc) is 2.35. The fourth-order valence-electron chi connectivity index (χ4n) is 1.24. The van der Waals surface area contributed by atoms with Crippen LogP contribution in [0.5, 0.6) is 0 Å². The number of amides is 1. The van der Waals surface area contributed by atoms with Gasteiger partial charge in [-0.3, -0.25) is 4.79 Å². The molecule has 4 nitrogen and oxygen atoms in total. The Morgan fingerprint density at radius 3 is 1.88 bits per heavy atom. The molecule has 0 aliphatic rings. The summed E-state index contributed by atoms with van der Waals surface area (Å²) >= 11 is 0. The van der Waals surface area contributed by atoms with Crippen LogP contribution in [-0.2, 0) is 4.79 Å². The van der Waals surface area contributed by atoms with E-state index in [1.54, 1.807) is 0 Å². The highest BCUT2D eigenvalue weighted by Gasteiger charge is 2.14. The Bertz CT molecular complexity index is 219. The first-order chi connectivity index (χ1) is 8.17. The second-order valence-electron chi connectivity index (χ2n) is 4.12. The van der Waals surface area contributed by atoms with E-state index in [1.807, 2.05) is 6.92 Å². The summed E-state index contributed by atoms with van der Waals surface area (Å²) in [6.45, 7) is 11.6. The highest BCUT2D eigenvalue weighted by atomic mass is 16.2. The standard InChI is InChI=1S/C13H27N3O/c1-5-8-10-14-16(15-11-9-6-2)13(17)12(4)7-3/h14-15H,4-11H2,1-3H3. The molecule has 2 N–H and O–H groups in total. The van der Waals surface area contributed by atoms with Gasteiger partial charge in [-0.15, -0.1) is 0 Å². The normalized spacial score (nSPS) is 10.3. The molecule has 0 aromatic carbocycles. The second kappa shape index (κ2) is 10.3. The van der Waals surface area contributed by atoms with Crippen LogP contribution in [0, 0.1) is 0 Å². The molecule has 0 fully saturated rings. The van der Waals surface area contributed by atoms with Crippen LogP contribution in [0.4, 0.5) is 0 Å². The topological polar surface area (TPSA) is 44.4 Å². The zero-order valence-corrected chi connectivity index (χ0v) is 11.5. The number of nitrogens with one attached hydrogen (secondary N) is 2. The number of carbonyl (C=O) groups is 1. The number of nitrogens with zero attached hydrogens (tertiary/aromatic N) is 1. The molecule has 0 aromatic rings. The molecule has 4 heteroatoms. The first kappa shape index (κ1) is 16.1. The maximum Gasteiger partial charge on any atom is 0.278 e. The Hall–Kier alpha value is -0.870. The minimum absolute atomic E-state index is 0.0558. The van der Waals surface area contributed by atoms with Crippen molar-refractivity contribution in [3.8, 4) is 0 Å². The van der Waals surface area contributed by atoms with E-state index < -0.39 is 0 Å². The minimum Gasteiger partial charge on any atom is -0.267 e. The van der Waals surface area contributed by atoms with Crippen molar-refractivity contribution in [1.29, 1.82) is 0 Å². The van der Waals surface area contributed by atoms with Gasteiger partial charge in [-0.05, 0) is 19.3 Å². The maximum absolute atomic E-state index is 12.0. The van der Waals surface area contributed by atoms with E-state index in [-0.39, 0.29) is 5.91 Å². The largest absolute Gasteiger partial charge is 0.278 e. The number of unbranched alkanes of at least 4 members (excludes halogenated alkanes) is 2. The van der Waals surface area contributed by atoms with Crippen molar-refractivity contribution in [2.24, 2.45) is 0 Å². The lowest BCUT2D eigenvalue weighted by atomic mass is 10.2. The molecule has 0 aromatic heterocycles. The van der Waals surface area contributed by atoms with Gasteiger partial charge in [0.1, 0.15) is 0 Å². The van der Waals surface area contributed by atoms with Crippen LogP contribution in [-0.4, -0.2) is 24.1 Å². The van der Waals surface area contributed by atoms with Crippen LogP contribution < -0.4 is 10.9 Å².